The number of nitrogens with zero attached hydrogens (tertiary/aromatic N) is 2. The molecule has 0 spiro atoms. The van der Waals surface area contributed by atoms with E-state index in [1.165, 1.54) is 23.3 Å². The van der Waals surface area contributed by atoms with Crippen LogP contribution in [0.3, 0.4) is 0 Å². The summed E-state index contributed by atoms with van der Waals surface area (Å²) in [5.41, 5.74) is 7.05. The van der Waals surface area contributed by atoms with Crippen LogP contribution in [0.4, 0.5) is 26.3 Å². The minimum atomic E-state index is -4.40. The standard InChI is InChI=1S/C22H25F3N2O2.C13H20N2.C9H7F3O3/c1-16(17-5-3-2-4-6-17)27-13-11-19(12-14-27)26-21(28)15-29-20-9-7-18(8-10-20)22(23,24)25;1-11(12-5-3-2-4-6-12)15-9-7-13(14)8-10-15;10-9(11,12)6-1-3-7(4-2-6)15-5-8(13)14/h2-10,16,19H,11-15H2,1H3,(H,26,28);2-6,11,13H,7-10,14H2,1H3;1-4H,5H2,(H,13,14). The summed E-state index contributed by atoms with van der Waals surface area (Å²) >= 11 is 0. The highest BCUT2D eigenvalue weighted by Gasteiger charge is 2.31. The largest absolute Gasteiger partial charge is 0.484 e. The van der Waals surface area contributed by atoms with Crippen LogP contribution < -0.4 is 20.5 Å². The smallest absolute Gasteiger partial charge is 0.416 e. The third kappa shape index (κ3) is 15.9. The van der Waals surface area contributed by atoms with E-state index in [0.29, 0.717) is 18.1 Å². The van der Waals surface area contributed by atoms with E-state index in [9.17, 15) is 35.9 Å². The van der Waals surface area contributed by atoms with Crippen molar-refractivity contribution < 1.29 is 50.5 Å². The van der Waals surface area contributed by atoms with Gasteiger partial charge in [-0.15, -0.1) is 0 Å². The zero-order chi connectivity index (χ0) is 43.0. The number of aliphatic carboxylic acids is 1. The van der Waals surface area contributed by atoms with Crippen LogP contribution in [0.2, 0.25) is 0 Å². The lowest BCUT2D eigenvalue weighted by atomic mass is 10.00. The first-order chi connectivity index (χ1) is 28.0. The van der Waals surface area contributed by atoms with Gasteiger partial charge in [0.15, 0.2) is 13.2 Å². The van der Waals surface area contributed by atoms with Crippen molar-refractivity contribution in [2.75, 3.05) is 39.4 Å². The number of likely N-dealkylation sites (tertiary alicyclic amines) is 2. The van der Waals surface area contributed by atoms with Gasteiger partial charge in [-0.2, -0.15) is 26.3 Å². The first-order valence-electron chi connectivity index (χ1n) is 19.4. The molecule has 2 aliphatic rings. The highest BCUT2D eigenvalue weighted by atomic mass is 19.4. The maximum atomic E-state index is 12.6. The predicted octanol–water partition coefficient (Wildman–Crippen LogP) is 8.77. The number of carbonyl (C=O) groups excluding carboxylic acids is 1. The second kappa shape index (κ2) is 22.3. The van der Waals surface area contributed by atoms with Gasteiger partial charge >= 0.3 is 18.3 Å². The van der Waals surface area contributed by atoms with Gasteiger partial charge in [0, 0.05) is 50.3 Å². The van der Waals surface area contributed by atoms with Gasteiger partial charge in [-0.3, -0.25) is 14.6 Å². The molecule has 4 aromatic rings. The molecule has 15 heteroatoms. The Morgan fingerprint density at radius 2 is 1.02 bits per heavy atom. The van der Waals surface area contributed by atoms with Gasteiger partial charge in [-0.25, -0.2) is 4.79 Å². The van der Waals surface area contributed by atoms with Crippen molar-refractivity contribution in [2.24, 2.45) is 5.73 Å². The molecule has 2 saturated heterocycles. The monoisotopic (exact) mass is 830 g/mol. The van der Waals surface area contributed by atoms with Crippen molar-refractivity contribution in [1.29, 1.82) is 0 Å². The molecule has 1 amide bonds. The summed E-state index contributed by atoms with van der Waals surface area (Å²) in [5, 5.41) is 11.2. The third-order valence-electron chi connectivity index (χ3n) is 10.2. The number of carbonyl (C=O) groups is 2. The molecule has 4 aromatic carbocycles. The fourth-order valence-corrected chi connectivity index (χ4v) is 6.67. The molecule has 0 radical (unpaired) electrons. The van der Waals surface area contributed by atoms with Crippen molar-refractivity contribution in [3.05, 3.63) is 131 Å². The number of carboxylic acids is 1. The van der Waals surface area contributed by atoms with Crippen LogP contribution in [-0.2, 0) is 21.9 Å². The maximum absolute atomic E-state index is 12.6. The van der Waals surface area contributed by atoms with Crippen LogP contribution in [0.15, 0.2) is 109 Å². The number of hydrogen-bond acceptors (Lipinski definition) is 7. The minimum Gasteiger partial charge on any atom is -0.484 e. The summed E-state index contributed by atoms with van der Waals surface area (Å²) in [4.78, 5) is 27.1. The van der Waals surface area contributed by atoms with E-state index in [0.717, 1.165) is 88.3 Å². The van der Waals surface area contributed by atoms with Gasteiger partial charge in [-0.1, -0.05) is 60.7 Å². The zero-order valence-corrected chi connectivity index (χ0v) is 33.1. The molecule has 320 valence electrons. The minimum absolute atomic E-state index is 0.0814. The van der Waals surface area contributed by atoms with E-state index in [4.69, 9.17) is 15.6 Å². The van der Waals surface area contributed by atoms with E-state index < -0.39 is 36.1 Å². The Hall–Kier alpha value is -5.12. The number of benzene rings is 4. The number of nitrogens with one attached hydrogen (secondary N) is 1. The number of nitrogens with two attached hydrogens (primary N) is 1. The van der Waals surface area contributed by atoms with Crippen LogP contribution in [0, 0.1) is 0 Å². The Morgan fingerprint density at radius 1 is 0.644 bits per heavy atom. The fraction of sp³-hybridized carbons (Fsp3) is 0.409. The second-order valence-electron chi connectivity index (χ2n) is 14.4. The van der Waals surface area contributed by atoms with E-state index >= 15 is 0 Å². The van der Waals surface area contributed by atoms with Gasteiger partial charge < -0.3 is 25.6 Å². The molecule has 0 bridgehead atoms. The first kappa shape index (κ1) is 46.6. The summed E-state index contributed by atoms with van der Waals surface area (Å²) in [6.45, 7) is 7.73. The maximum Gasteiger partial charge on any atom is 0.416 e. The number of ether oxygens (including phenoxy) is 2. The van der Waals surface area contributed by atoms with Crippen LogP contribution in [-0.4, -0.2) is 78.3 Å². The predicted molar refractivity (Wildman–Crippen MR) is 213 cm³/mol. The van der Waals surface area contributed by atoms with Crippen LogP contribution >= 0.6 is 0 Å². The molecule has 4 N–H and O–H groups in total. The quantitative estimate of drug-likeness (QED) is 0.129. The number of carboxylic acid groups (broad SMARTS) is 1. The Kier molecular flexibility index (Phi) is 17.6. The third-order valence-corrected chi connectivity index (χ3v) is 10.2. The zero-order valence-electron chi connectivity index (χ0n) is 33.1. The Labute approximate surface area is 341 Å². The number of rotatable bonds is 11. The molecule has 2 fully saturated rings. The number of halogens is 6. The Balaban J connectivity index is 0.000000215. The van der Waals surface area contributed by atoms with Crippen molar-refractivity contribution in [3.63, 3.8) is 0 Å². The summed E-state index contributed by atoms with van der Waals surface area (Å²) in [7, 11) is 0. The molecule has 0 saturated carbocycles. The molecule has 2 unspecified atom stereocenters. The number of amides is 1. The molecule has 0 aromatic heterocycles. The topological polar surface area (TPSA) is 117 Å². The summed E-state index contributed by atoms with van der Waals surface area (Å²) in [6.07, 6.45) is -4.81. The van der Waals surface area contributed by atoms with Gasteiger partial charge in [0.25, 0.3) is 5.91 Å². The molecule has 6 rings (SSSR count). The molecule has 0 aliphatic carbocycles. The molecular formula is C44H52F6N4O5. The van der Waals surface area contributed by atoms with Crippen molar-refractivity contribution >= 4 is 11.9 Å². The Morgan fingerprint density at radius 3 is 1.39 bits per heavy atom. The SMILES string of the molecule is CC(c1ccccc1)N1CCC(N)CC1.CC(c1ccccc1)N1CCC(NC(=O)COc2ccc(C(F)(F)F)cc2)CC1.O=C(O)COc1ccc(C(F)(F)F)cc1. The van der Waals surface area contributed by atoms with E-state index in [-0.39, 0.29) is 30.1 Å². The average Bonchev–Trinajstić information content (AvgIpc) is 3.23. The molecule has 2 atom stereocenters. The summed E-state index contributed by atoms with van der Waals surface area (Å²) in [5.74, 6) is -1.13. The van der Waals surface area contributed by atoms with Crippen LogP contribution in [0.5, 0.6) is 11.5 Å². The first-order valence-corrected chi connectivity index (χ1v) is 19.4. The normalized spacial score (nSPS) is 16.6. The van der Waals surface area contributed by atoms with Gasteiger partial charge in [0.2, 0.25) is 0 Å². The number of piperidine rings is 2. The molecule has 2 aliphatic heterocycles. The highest BCUT2D eigenvalue weighted by molar-refractivity contribution is 5.77. The van der Waals surface area contributed by atoms with Gasteiger partial charge in [0.05, 0.1) is 11.1 Å². The number of hydrogen-bond donors (Lipinski definition) is 3. The van der Waals surface area contributed by atoms with Crippen molar-refractivity contribution in [1.82, 2.24) is 15.1 Å². The van der Waals surface area contributed by atoms with Crippen LogP contribution in [0.25, 0.3) is 0 Å². The van der Waals surface area contributed by atoms with Crippen molar-refractivity contribution in [3.8, 4) is 11.5 Å². The molecule has 9 nitrogen and oxygen atoms in total. The molecule has 2 heterocycles. The highest BCUT2D eigenvalue weighted by Crippen LogP contribution is 2.31. The van der Waals surface area contributed by atoms with Crippen molar-refractivity contribution in [2.45, 2.75) is 76.1 Å². The summed E-state index contributed by atoms with van der Waals surface area (Å²) in [6, 6.07) is 30.5. The lowest BCUT2D eigenvalue weighted by Crippen LogP contribution is -2.46. The van der Waals surface area contributed by atoms with E-state index in [1.54, 1.807) is 0 Å². The van der Waals surface area contributed by atoms with Gasteiger partial charge in [0.1, 0.15) is 11.5 Å². The average molecular weight is 831 g/mol. The van der Waals surface area contributed by atoms with E-state index in [2.05, 4.69) is 76.2 Å². The lowest BCUT2D eigenvalue weighted by Gasteiger charge is -2.36. The van der Waals surface area contributed by atoms with E-state index in [1.807, 2.05) is 18.2 Å². The molecular weight excluding hydrogens is 778 g/mol. The lowest BCUT2D eigenvalue weighted by molar-refractivity contribution is -0.140. The summed E-state index contributed by atoms with van der Waals surface area (Å²) < 4.78 is 83.9. The Bertz CT molecular complexity index is 1830. The van der Waals surface area contributed by atoms with Gasteiger partial charge in [-0.05, 0) is 99.2 Å². The second-order valence-corrected chi connectivity index (χ2v) is 14.4. The fourth-order valence-electron chi connectivity index (χ4n) is 6.67. The molecule has 59 heavy (non-hydrogen) atoms. The number of alkyl halides is 6. The van der Waals surface area contributed by atoms with Crippen LogP contribution in [0.1, 0.15) is 73.9 Å².